The molecule has 24 heavy (non-hydrogen) atoms. The molecule has 0 radical (unpaired) electrons. The zero-order valence-corrected chi connectivity index (χ0v) is 15.5. The molecular formula is C18H28N4OS. The summed E-state index contributed by atoms with van der Waals surface area (Å²) in [4.78, 5) is 15.0. The number of hydrogen-bond donors (Lipinski definition) is 1. The number of H-pyrrole nitrogens is 1. The first-order chi connectivity index (χ1) is 11.5. The number of carbonyl (C=O) groups excluding carboxylic acids is 1. The molecule has 1 aromatic heterocycles. The Morgan fingerprint density at radius 1 is 1.21 bits per heavy atom. The Kier molecular flexibility index (Phi) is 4.27. The number of piperidine rings is 1. The Bertz CT molecular complexity index is 671. The molecule has 5 nitrogen and oxygen atoms in total. The van der Waals surface area contributed by atoms with Crippen molar-refractivity contribution in [3.63, 3.8) is 0 Å². The Morgan fingerprint density at radius 3 is 2.54 bits per heavy atom. The van der Waals surface area contributed by atoms with Crippen molar-refractivity contribution in [1.29, 1.82) is 0 Å². The molecule has 4 rings (SSSR count). The van der Waals surface area contributed by atoms with Crippen molar-refractivity contribution >= 4 is 18.1 Å². The lowest BCUT2D eigenvalue weighted by Crippen LogP contribution is -2.43. The second kappa shape index (κ2) is 6.28. The van der Waals surface area contributed by atoms with Crippen LogP contribution in [0.15, 0.2) is 0 Å². The summed E-state index contributed by atoms with van der Waals surface area (Å²) in [5, 5.41) is 7.43. The minimum atomic E-state index is 0.319. The summed E-state index contributed by atoms with van der Waals surface area (Å²) >= 11 is 5.37. The van der Waals surface area contributed by atoms with E-state index in [1.807, 2.05) is 0 Å². The minimum Gasteiger partial charge on any atom is -0.342 e. The summed E-state index contributed by atoms with van der Waals surface area (Å²) in [6, 6.07) is 0.319. The maximum Gasteiger partial charge on any atom is 0.225 e. The number of aromatic amines is 1. The molecule has 1 amide bonds. The number of amides is 1. The number of hydrogen-bond acceptors (Lipinski definition) is 3. The molecule has 3 unspecified atom stereocenters. The van der Waals surface area contributed by atoms with Crippen molar-refractivity contribution in [2.75, 3.05) is 13.1 Å². The first-order valence-corrected chi connectivity index (χ1v) is 9.91. The third-order valence-corrected chi connectivity index (χ3v) is 6.76. The molecule has 1 aromatic rings. The summed E-state index contributed by atoms with van der Waals surface area (Å²) in [6.45, 7) is 6.02. The lowest BCUT2D eigenvalue weighted by molar-refractivity contribution is -0.138. The number of nitrogens with one attached hydrogen (secondary N) is 1. The van der Waals surface area contributed by atoms with Gasteiger partial charge in [-0.1, -0.05) is 6.42 Å². The van der Waals surface area contributed by atoms with E-state index in [0.29, 0.717) is 34.5 Å². The van der Waals surface area contributed by atoms with Crippen molar-refractivity contribution in [3.8, 4) is 0 Å². The van der Waals surface area contributed by atoms with E-state index >= 15 is 0 Å². The topological polar surface area (TPSA) is 53.9 Å². The first-order valence-electron chi connectivity index (χ1n) is 9.50. The lowest BCUT2D eigenvalue weighted by atomic mass is 9.86. The van der Waals surface area contributed by atoms with Crippen LogP contribution in [0.4, 0.5) is 0 Å². The predicted molar refractivity (Wildman–Crippen MR) is 95.3 cm³/mol. The van der Waals surface area contributed by atoms with Gasteiger partial charge in [-0.3, -0.25) is 9.89 Å². The molecule has 1 saturated heterocycles. The van der Waals surface area contributed by atoms with Gasteiger partial charge in [-0.25, -0.2) is 0 Å². The van der Waals surface area contributed by atoms with Crippen LogP contribution in [0.3, 0.4) is 0 Å². The number of rotatable bonds is 3. The average molecular weight is 349 g/mol. The van der Waals surface area contributed by atoms with Crippen LogP contribution < -0.4 is 0 Å². The van der Waals surface area contributed by atoms with E-state index in [4.69, 9.17) is 12.2 Å². The van der Waals surface area contributed by atoms with Gasteiger partial charge in [0.15, 0.2) is 4.77 Å². The van der Waals surface area contributed by atoms with Gasteiger partial charge in [0.05, 0.1) is 0 Å². The highest BCUT2D eigenvalue weighted by atomic mass is 32.1. The SMILES string of the molecule is CC(C)n1c(C2CCN(C(=O)C3CC4CCC3C4)CC2)n[nH]c1=S. The number of nitrogens with zero attached hydrogens (tertiary/aromatic N) is 3. The van der Waals surface area contributed by atoms with Crippen LogP contribution in [-0.2, 0) is 4.79 Å². The van der Waals surface area contributed by atoms with Crippen LogP contribution >= 0.6 is 12.2 Å². The zero-order valence-electron chi connectivity index (χ0n) is 14.7. The van der Waals surface area contributed by atoms with E-state index in [1.165, 1.54) is 19.3 Å². The van der Waals surface area contributed by atoms with E-state index in [0.717, 1.165) is 44.1 Å². The van der Waals surface area contributed by atoms with E-state index in [2.05, 4.69) is 33.5 Å². The number of carbonyl (C=O) groups is 1. The van der Waals surface area contributed by atoms with Crippen molar-refractivity contribution in [2.45, 2.75) is 64.3 Å². The molecule has 132 valence electrons. The number of fused-ring (bicyclic) bond motifs is 2. The van der Waals surface area contributed by atoms with Gasteiger partial charge in [-0.2, -0.15) is 5.10 Å². The molecular weight excluding hydrogens is 320 g/mol. The van der Waals surface area contributed by atoms with Crippen molar-refractivity contribution in [1.82, 2.24) is 19.7 Å². The third-order valence-electron chi connectivity index (χ3n) is 6.48. The minimum absolute atomic E-state index is 0.319. The molecule has 2 aliphatic carbocycles. The largest absolute Gasteiger partial charge is 0.342 e. The van der Waals surface area contributed by atoms with Gasteiger partial charge in [-0.15, -0.1) is 0 Å². The normalized spacial score (nSPS) is 30.5. The fourth-order valence-corrected chi connectivity index (χ4v) is 5.59. The van der Waals surface area contributed by atoms with Gasteiger partial charge < -0.3 is 9.47 Å². The third kappa shape index (κ3) is 2.72. The van der Waals surface area contributed by atoms with Crippen LogP contribution in [0.25, 0.3) is 0 Å². The fraction of sp³-hybridized carbons (Fsp3) is 0.833. The maximum absolute atomic E-state index is 12.9. The summed E-state index contributed by atoms with van der Waals surface area (Å²) in [6.07, 6.45) is 7.08. The maximum atomic E-state index is 12.9. The van der Waals surface area contributed by atoms with Gasteiger partial charge in [0.2, 0.25) is 5.91 Å². The molecule has 2 heterocycles. The average Bonchev–Trinajstić information content (AvgIpc) is 3.29. The Morgan fingerprint density at radius 2 is 1.96 bits per heavy atom. The van der Waals surface area contributed by atoms with E-state index in [9.17, 15) is 4.79 Å². The zero-order chi connectivity index (χ0) is 16.8. The molecule has 3 fully saturated rings. The van der Waals surface area contributed by atoms with Crippen molar-refractivity contribution in [2.24, 2.45) is 17.8 Å². The van der Waals surface area contributed by atoms with Crippen LogP contribution in [0.5, 0.6) is 0 Å². The fourth-order valence-electron chi connectivity index (χ4n) is 5.24. The van der Waals surface area contributed by atoms with Crippen LogP contribution in [0.2, 0.25) is 0 Å². The molecule has 3 atom stereocenters. The monoisotopic (exact) mass is 348 g/mol. The molecule has 0 aromatic carbocycles. The Labute approximate surface area is 148 Å². The molecule has 1 N–H and O–H groups in total. The number of aromatic nitrogens is 3. The molecule has 6 heteroatoms. The highest BCUT2D eigenvalue weighted by Crippen LogP contribution is 2.49. The molecule has 2 bridgehead atoms. The quantitative estimate of drug-likeness (QED) is 0.848. The van der Waals surface area contributed by atoms with Crippen LogP contribution in [-0.4, -0.2) is 38.7 Å². The van der Waals surface area contributed by atoms with Crippen LogP contribution in [0.1, 0.15) is 70.2 Å². The van der Waals surface area contributed by atoms with Gasteiger partial charge in [-0.05, 0) is 70.0 Å². The van der Waals surface area contributed by atoms with Crippen LogP contribution in [0, 0.1) is 22.5 Å². The van der Waals surface area contributed by atoms with E-state index < -0.39 is 0 Å². The smallest absolute Gasteiger partial charge is 0.225 e. The highest BCUT2D eigenvalue weighted by Gasteiger charge is 2.44. The van der Waals surface area contributed by atoms with E-state index in [-0.39, 0.29) is 0 Å². The summed E-state index contributed by atoms with van der Waals surface area (Å²) < 4.78 is 2.84. The Balaban J connectivity index is 1.40. The summed E-state index contributed by atoms with van der Waals surface area (Å²) in [5.41, 5.74) is 0. The highest BCUT2D eigenvalue weighted by molar-refractivity contribution is 7.71. The van der Waals surface area contributed by atoms with Gasteiger partial charge in [0, 0.05) is 31.0 Å². The molecule has 0 spiro atoms. The first kappa shape index (κ1) is 16.3. The van der Waals surface area contributed by atoms with E-state index in [1.54, 1.807) is 0 Å². The standard InChI is InChI=1S/C18H28N4OS/c1-11(2)22-16(19-20-18(22)24)13-5-7-21(8-6-13)17(23)15-10-12-3-4-14(15)9-12/h11-15H,3-10H2,1-2H3,(H,20,24). The molecule has 1 aliphatic heterocycles. The molecule has 3 aliphatic rings. The van der Waals surface area contributed by atoms with Crippen molar-refractivity contribution < 1.29 is 4.79 Å². The predicted octanol–water partition coefficient (Wildman–Crippen LogP) is 3.66. The van der Waals surface area contributed by atoms with Gasteiger partial charge in [0.25, 0.3) is 0 Å². The lowest BCUT2D eigenvalue weighted by Gasteiger charge is -2.35. The van der Waals surface area contributed by atoms with Gasteiger partial charge in [0.1, 0.15) is 5.82 Å². The molecule has 2 saturated carbocycles. The Hall–Kier alpha value is -1.17. The second-order valence-electron chi connectivity index (χ2n) is 8.23. The second-order valence-corrected chi connectivity index (χ2v) is 8.62. The number of likely N-dealkylation sites (tertiary alicyclic amines) is 1. The van der Waals surface area contributed by atoms with Gasteiger partial charge >= 0.3 is 0 Å². The summed E-state index contributed by atoms with van der Waals surface area (Å²) in [5.74, 6) is 3.75. The summed E-state index contributed by atoms with van der Waals surface area (Å²) in [7, 11) is 0. The van der Waals surface area contributed by atoms with Crippen molar-refractivity contribution in [3.05, 3.63) is 10.6 Å².